The first-order valence-electron chi connectivity index (χ1n) is 5.70. The summed E-state index contributed by atoms with van der Waals surface area (Å²) in [6.07, 6.45) is 1.61. The Labute approximate surface area is 108 Å². The number of benzene rings is 1. The van der Waals surface area contributed by atoms with Crippen molar-refractivity contribution in [3.63, 3.8) is 0 Å². The zero-order valence-electron chi connectivity index (χ0n) is 10.00. The van der Waals surface area contributed by atoms with E-state index in [4.69, 9.17) is 20.9 Å². The maximum absolute atomic E-state index is 11.0. The van der Waals surface area contributed by atoms with Gasteiger partial charge in [-0.1, -0.05) is 0 Å². The minimum Gasteiger partial charge on any atom is -0.486 e. The van der Waals surface area contributed by atoms with Gasteiger partial charge in [0.1, 0.15) is 18.9 Å². The average molecular weight is 260 g/mol. The van der Waals surface area contributed by atoms with E-state index in [1.807, 2.05) is 0 Å². The number of nitrogens with zero attached hydrogens (tertiary/aromatic N) is 2. The largest absolute Gasteiger partial charge is 0.486 e. The Balaban J connectivity index is 2.06. The molecule has 0 fully saturated rings. The number of hydrogen-bond acceptors (Lipinski definition) is 5. The molecule has 7 heteroatoms. The first-order valence-corrected chi connectivity index (χ1v) is 5.70. The number of nitrogens with two attached hydrogens (primary N) is 2. The molecule has 1 aromatic carbocycles. The lowest BCUT2D eigenvalue weighted by Crippen LogP contribution is -2.16. The van der Waals surface area contributed by atoms with Crippen LogP contribution in [0.3, 0.4) is 0 Å². The quantitative estimate of drug-likeness (QED) is 0.757. The van der Waals surface area contributed by atoms with Crippen molar-refractivity contribution in [2.24, 2.45) is 5.73 Å². The lowest BCUT2D eigenvalue weighted by atomic mass is 10.2. The van der Waals surface area contributed by atoms with E-state index >= 15 is 0 Å². The van der Waals surface area contributed by atoms with E-state index in [9.17, 15) is 4.79 Å². The third-order valence-corrected chi connectivity index (χ3v) is 2.78. The number of rotatable bonds is 2. The predicted octanol–water partition coefficient (Wildman–Crippen LogP) is 0.325. The average Bonchev–Trinajstić information content (AvgIpc) is 2.87. The Morgan fingerprint density at radius 1 is 1.26 bits per heavy atom. The summed E-state index contributed by atoms with van der Waals surface area (Å²) in [6.45, 7) is 0.987. The van der Waals surface area contributed by atoms with E-state index in [2.05, 4.69) is 5.10 Å². The highest BCUT2D eigenvalue weighted by molar-refractivity contribution is 5.90. The van der Waals surface area contributed by atoms with E-state index in [1.165, 1.54) is 10.7 Å². The summed E-state index contributed by atoms with van der Waals surface area (Å²) in [5, 5.41) is 4.06. The van der Waals surface area contributed by atoms with Gasteiger partial charge >= 0.3 is 0 Å². The molecule has 1 aliphatic rings. The molecule has 1 aromatic heterocycles. The van der Waals surface area contributed by atoms with Crippen LogP contribution in [0.5, 0.6) is 11.5 Å². The van der Waals surface area contributed by atoms with E-state index in [0.29, 0.717) is 36.1 Å². The van der Waals surface area contributed by atoms with Crippen LogP contribution in [0.4, 0.5) is 5.69 Å². The molecule has 0 aliphatic carbocycles. The van der Waals surface area contributed by atoms with Gasteiger partial charge in [0.15, 0.2) is 11.5 Å². The van der Waals surface area contributed by atoms with E-state index < -0.39 is 5.91 Å². The molecule has 7 nitrogen and oxygen atoms in total. The number of carbonyl (C=O) groups is 1. The molecule has 0 radical (unpaired) electrons. The number of primary amides is 1. The predicted molar refractivity (Wildman–Crippen MR) is 67.5 cm³/mol. The fourth-order valence-corrected chi connectivity index (χ4v) is 1.88. The number of ether oxygens (including phenoxy) is 2. The molecule has 1 amide bonds. The third kappa shape index (κ3) is 1.95. The maximum atomic E-state index is 11.0. The number of fused-ring (bicyclic) bond motifs is 1. The van der Waals surface area contributed by atoms with Crippen molar-refractivity contribution < 1.29 is 14.3 Å². The number of amides is 1. The molecule has 19 heavy (non-hydrogen) atoms. The van der Waals surface area contributed by atoms with Crippen LogP contribution in [0, 0.1) is 0 Å². The molecule has 98 valence electrons. The van der Waals surface area contributed by atoms with Gasteiger partial charge in [-0.25, -0.2) is 4.68 Å². The van der Waals surface area contributed by atoms with Gasteiger partial charge in [0, 0.05) is 18.3 Å². The summed E-state index contributed by atoms with van der Waals surface area (Å²) in [7, 11) is 0. The summed E-state index contributed by atoms with van der Waals surface area (Å²) in [5.74, 6) is 0.622. The van der Waals surface area contributed by atoms with Crippen molar-refractivity contribution in [2.75, 3.05) is 18.9 Å². The van der Waals surface area contributed by atoms with Gasteiger partial charge in [0.2, 0.25) is 0 Å². The summed E-state index contributed by atoms with van der Waals surface area (Å²) in [4.78, 5) is 11.0. The molecule has 3 rings (SSSR count). The van der Waals surface area contributed by atoms with Gasteiger partial charge in [-0.15, -0.1) is 0 Å². The standard InChI is InChI=1S/C12H12N4O3/c13-7-5-10-11(19-4-3-18-10)6-9(7)16-2-1-8(15-16)12(14)17/h1-2,5-6H,3-4,13H2,(H2,14,17). The van der Waals surface area contributed by atoms with Gasteiger partial charge in [-0.3, -0.25) is 4.79 Å². The molecule has 0 bridgehead atoms. The Morgan fingerprint density at radius 3 is 2.58 bits per heavy atom. The lowest BCUT2D eigenvalue weighted by Gasteiger charge is -2.20. The normalized spacial score (nSPS) is 13.3. The van der Waals surface area contributed by atoms with E-state index in [1.54, 1.807) is 18.3 Å². The topological polar surface area (TPSA) is 105 Å². The lowest BCUT2D eigenvalue weighted by molar-refractivity contribution is 0.0995. The number of hydrogen-bond donors (Lipinski definition) is 2. The minimum atomic E-state index is -0.588. The van der Waals surface area contributed by atoms with Gasteiger partial charge in [0.05, 0.1) is 11.4 Å². The Hall–Kier alpha value is -2.70. The summed E-state index contributed by atoms with van der Waals surface area (Å²) in [5.41, 5.74) is 12.4. The van der Waals surface area contributed by atoms with Crippen molar-refractivity contribution in [3.8, 4) is 17.2 Å². The molecule has 1 aliphatic heterocycles. The summed E-state index contributed by atoms with van der Waals surface area (Å²) in [6, 6.07) is 4.93. The number of carbonyl (C=O) groups excluding carboxylic acids is 1. The van der Waals surface area contributed by atoms with Crippen LogP contribution in [-0.2, 0) is 0 Å². The molecule has 0 unspecified atom stereocenters. The smallest absolute Gasteiger partial charge is 0.269 e. The Kier molecular flexibility index (Phi) is 2.52. The molecule has 0 atom stereocenters. The van der Waals surface area contributed by atoms with Crippen molar-refractivity contribution in [1.29, 1.82) is 0 Å². The Bertz CT molecular complexity index is 650. The molecule has 2 aromatic rings. The fourth-order valence-electron chi connectivity index (χ4n) is 1.88. The molecular formula is C12H12N4O3. The third-order valence-electron chi connectivity index (χ3n) is 2.78. The second-order valence-electron chi connectivity index (χ2n) is 4.06. The zero-order valence-corrected chi connectivity index (χ0v) is 10.00. The molecule has 4 N–H and O–H groups in total. The van der Waals surface area contributed by atoms with Gasteiger partial charge in [-0.2, -0.15) is 5.10 Å². The molecule has 2 heterocycles. The number of anilines is 1. The van der Waals surface area contributed by atoms with Crippen molar-refractivity contribution in [2.45, 2.75) is 0 Å². The highest BCUT2D eigenvalue weighted by atomic mass is 16.6. The van der Waals surface area contributed by atoms with E-state index in [-0.39, 0.29) is 5.69 Å². The van der Waals surface area contributed by atoms with Crippen LogP contribution in [0.2, 0.25) is 0 Å². The van der Waals surface area contributed by atoms with Crippen LogP contribution >= 0.6 is 0 Å². The van der Waals surface area contributed by atoms with Gasteiger partial charge in [-0.05, 0) is 6.07 Å². The Morgan fingerprint density at radius 2 is 1.95 bits per heavy atom. The zero-order chi connectivity index (χ0) is 13.4. The first kappa shape index (κ1) is 11.4. The van der Waals surface area contributed by atoms with E-state index in [0.717, 1.165) is 0 Å². The van der Waals surface area contributed by atoms with Crippen LogP contribution in [0.15, 0.2) is 24.4 Å². The van der Waals surface area contributed by atoms with Crippen LogP contribution in [0.25, 0.3) is 5.69 Å². The molecule has 0 spiro atoms. The van der Waals surface area contributed by atoms with Crippen LogP contribution in [-0.4, -0.2) is 28.9 Å². The summed E-state index contributed by atoms with van der Waals surface area (Å²) >= 11 is 0. The van der Waals surface area contributed by atoms with Crippen molar-refractivity contribution in [3.05, 3.63) is 30.1 Å². The van der Waals surface area contributed by atoms with Gasteiger partial charge in [0.25, 0.3) is 5.91 Å². The summed E-state index contributed by atoms with van der Waals surface area (Å²) < 4.78 is 12.4. The highest BCUT2D eigenvalue weighted by Crippen LogP contribution is 2.35. The SMILES string of the molecule is NC(=O)c1ccn(-c2cc3c(cc2N)OCCO3)n1. The molecule has 0 saturated heterocycles. The maximum Gasteiger partial charge on any atom is 0.269 e. The monoisotopic (exact) mass is 260 g/mol. The fraction of sp³-hybridized carbons (Fsp3) is 0.167. The highest BCUT2D eigenvalue weighted by Gasteiger charge is 2.16. The number of nitrogen functional groups attached to an aromatic ring is 1. The van der Waals surface area contributed by atoms with Crippen LogP contribution in [0.1, 0.15) is 10.5 Å². The van der Waals surface area contributed by atoms with Gasteiger partial charge < -0.3 is 20.9 Å². The first-order chi connectivity index (χ1) is 9.15. The van der Waals surface area contributed by atoms with Crippen molar-refractivity contribution >= 4 is 11.6 Å². The second kappa shape index (κ2) is 4.20. The van der Waals surface area contributed by atoms with Crippen molar-refractivity contribution in [1.82, 2.24) is 9.78 Å². The number of aromatic nitrogens is 2. The minimum absolute atomic E-state index is 0.175. The molecular weight excluding hydrogens is 248 g/mol. The van der Waals surface area contributed by atoms with Crippen LogP contribution < -0.4 is 20.9 Å². The molecule has 0 saturated carbocycles. The second-order valence-corrected chi connectivity index (χ2v) is 4.06.